The molecule has 208 valence electrons. The fourth-order valence-corrected chi connectivity index (χ4v) is 18.2. The van der Waals surface area contributed by atoms with Crippen molar-refractivity contribution in [3.8, 4) is 5.75 Å². The van der Waals surface area contributed by atoms with Crippen LogP contribution in [0.25, 0.3) is 5.76 Å². The van der Waals surface area contributed by atoms with E-state index in [0.29, 0.717) is 21.6 Å². The summed E-state index contributed by atoms with van der Waals surface area (Å²) in [6, 6.07) is 8.12. The van der Waals surface area contributed by atoms with E-state index in [0.717, 1.165) is 11.3 Å². The van der Waals surface area contributed by atoms with Crippen molar-refractivity contribution in [1.82, 2.24) is 0 Å². The summed E-state index contributed by atoms with van der Waals surface area (Å²) in [4.78, 5) is 0. The van der Waals surface area contributed by atoms with Gasteiger partial charge in [-0.1, -0.05) is 12.1 Å². The molecule has 0 aliphatic carbocycles. The molecular weight excluding hydrogens is 569 g/mol. The molecule has 1 aromatic carbocycles. The van der Waals surface area contributed by atoms with Gasteiger partial charge in [-0.25, -0.2) is 0 Å². The zero-order chi connectivity index (χ0) is 28.4. The Kier molecular flexibility index (Phi) is 11.1. The number of hydrogen-bond donors (Lipinski definition) is 0. The molecule has 1 aromatic rings. The lowest BCUT2D eigenvalue weighted by Crippen LogP contribution is -2.60. The van der Waals surface area contributed by atoms with E-state index in [1.165, 1.54) is 0 Å². The minimum Gasteiger partial charge on any atom is -0.544 e. The molecule has 13 heteroatoms. The van der Waals surface area contributed by atoms with Crippen LogP contribution in [-0.4, -0.2) is 60.9 Å². The molecule has 0 saturated heterocycles. The average Bonchev–Trinajstić information content (AvgIpc) is 2.59. The van der Waals surface area contributed by atoms with Gasteiger partial charge in [-0.05, 0) is 110 Å². The van der Waals surface area contributed by atoms with Crippen molar-refractivity contribution >= 4 is 66.6 Å². The van der Waals surface area contributed by atoms with E-state index < -0.39 is 50.4 Å². The minimum absolute atomic E-state index is 0.453. The van der Waals surface area contributed by atoms with Gasteiger partial charge in [0, 0.05) is 0 Å². The zero-order valence-corrected chi connectivity index (χ0v) is 33.8. The number of hydrogen-bond acceptors (Lipinski definition) is 6. The zero-order valence-electron chi connectivity index (χ0n) is 25.8. The summed E-state index contributed by atoms with van der Waals surface area (Å²) in [5, 5.41) is 0.635. The lowest BCUT2D eigenvalue weighted by Gasteiger charge is -2.42. The summed E-state index contributed by atoms with van der Waals surface area (Å²) >= 11 is 0. The summed E-state index contributed by atoms with van der Waals surface area (Å²) in [6.45, 7) is 32.7. The Bertz CT molecular complexity index is 888. The third-order valence-corrected chi connectivity index (χ3v) is 16.8. The number of para-hydroxylation sites is 1. The van der Waals surface area contributed by atoms with Crippen LogP contribution in [0.2, 0.25) is 98.2 Å². The average molecular weight is 621 g/mol. The highest BCUT2D eigenvalue weighted by atomic mass is 28.5. The smallest absolute Gasteiger partial charge is 0.544 e. The molecule has 0 N–H and O–H groups in total. The van der Waals surface area contributed by atoms with Crippen molar-refractivity contribution in [2.45, 2.75) is 98.2 Å². The van der Waals surface area contributed by atoms with E-state index in [9.17, 15) is 0 Å². The van der Waals surface area contributed by atoms with Gasteiger partial charge in [0.25, 0.3) is 0 Å². The van der Waals surface area contributed by atoms with Crippen molar-refractivity contribution < 1.29 is 25.6 Å². The molecule has 0 unspecified atom stereocenters. The minimum atomic E-state index is -3.48. The number of rotatable bonds is 13. The fraction of sp³-hybridized carbons (Fsp3) is 0.652. The summed E-state index contributed by atoms with van der Waals surface area (Å²) < 4.78 is 40.9. The predicted molar refractivity (Wildman–Crippen MR) is 172 cm³/mol. The Morgan fingerprint density at radius 2 is 1.03 bits per heavy atom. The van der Waals surface area contributed by atoms with Gasteiger partial charge in [-0.3, -0.25) is 0 Å². The first-order valence-corrected chi connectivity index (χ1v) is 32.3. The quantitative estimate of drug-likeness (QED) is 0.180. The molecule has 36 heavy (non-hydrogen) atoms. The maximum atomic E-state index is 6.96. The maximum absolute atomic E-state index is 6.96. The second-order valence-corrected chi connectivity index (χ2v) is 40.6. The molecule has 0 amide bonds. The Labute approximate surface area is 230 Å². The molecule has 6 nitrogen and oxygen atoms in total. The van der Waals surface area contributed by atoms with Crippen LogP contribution in [0.1, 0.15) is 5.56 Å². The topological polar surface area (TPSA) is 55.4 Å². The Morgan fingerprint density at radius 1 is 0.583 bits per heavy atom. The fourth-order valence-electron chi connectivity index (χ4n) is 3.25. The van der Waals surface area contributed by atoms with Gasteiger partial charge < -0.3 is 25.6 Å². The highest BCUT2D eigenvalue weighted by Gasteiger charge is 2.55. The first-order chi connectivity index (χ1) is 15.9. The van der Waals surface area contributed by atoms with E-state index in [2.05, 4.69) is 104 Å². The molecule has 0 saturated carbocycles. The molecule has 0 aliphatic rings. The monoisotopic (exact) mass is 620 g/mol. The van der Waals surface area contributed by atoms with Crippen LogP contribution in [0.15, 0.2) is 29.6 Å². The molecule has 0 atom stereocenters. The van der Waals surface area contributed by atoms with Crippen LogP contribution in [0, 0.1) is 0 Å². The largest absolute Gasteiger partial charge is 0.544 e. The third kappa shape index (κ3) is 12.1. The molecular formula is C23H52O6Si7. The highest BCUT2D eigenvalue weighted by Crippen LogP contribution is 2.40. The van der Waals surface area contributed by atoms with Crippen molar-refractivity contribution in [2.24, 2.45) is 0 Å². The Balaban J connectivity index is 4.25. The van der Waals surface area contributed by atoms with Crippen molar-refractivity contribution in [1.29, 1.82) is 0 Å². The first kappa shape index (κ1) is 33.8. The first-order valence-electron chi connectivity index (χ1n) is 12.7. The standard InChI is InChI=1S/C23H52O6Si7/c1-31(2,3)24-21-19-17-16-18-20(21)22(25-32(4,5)6)23(26-33(7,8)9)36(27-30,28-34(10,11)12)29-35(13,14)15/h16-19H,1-15,30H3. The van der Waals surface area contributed by atoms with Gasteiger partial charge in [-0.2, -0.15) is 0 Å². The maximum Gasteiger partial charge on any atom is 0.544 e. The van der Waals surface area contributed by atoms with Crippen LogP contribution in [0.4, 0.5) is 0 Å². The Morgan fingerprint density at radius 3 is 1.39 bits per heavy atom. The highest BCUT2D eigenvalue weighted by molar-refractivity contribution is 6.90. The molecule has 0 bridgehead atoms. The second kappa shape index (κ2) is 11.9. The summed E-state index contributed by atoms with van der Waals surface area (Å²) in [6.07, 6.45) is 0. The van der Waals surface area contributed by atoms with E-state index in [4.69, 9.17) is 25.6 Å². The SMILES string of the molecule is C[Si](C)(C)OC(=C(O[Si](C)(C)C)[Si](O[SiH3])(O[Si](C)(C)C)O[Si](C)(C)C)c1ccccc1O[Si](C)(C)C. The van der Waals surface area contributed by atoms with Crippen molar-refractivity contribution in [2.75, 3.05) is 0 Å². The van der Waals surface area contributed by atoms with Crippen molar-refractivity contribution in [3.05, 3.63) is 35.2 Å². The molecule has 0 spiro atoms. The van der Waals surface area contributed by atoms with E-state index >= 15 is 0 Å². The van der Waals surface area contributed by atoms with Crippen LogP contribution in [-0.2, 0) is 21.2 Å². The van der Waals surface area contributed by atoms with Crippen LogP contribution >= 0.6 is 0 Å². The van der Waals surface area contributed by atoms with Gasteiger partial charge in [0.15, 0.2) is 27.8 Å². The van der Waals surface area contributed by atoms with Gasteiger partial charge in [0.1, 0.15) is 16.2 Å². The predicted octanol–water partition coefficient (Wildman–Crippen LogP) is 6.75. The molecule has 0 radical (unpaired) electrons. The van der Waals surface area contributed by atoms with E-state index in [-0.39, 0.29) is 0 Å². The third-order valence-electron chi connectivity index (χ3n) is 4.00. The molecule has 0 heterocycles. The van der Waals surface area contributed by atoms with Gasteiger partial charge in [0.05, 0.1) is 5.56 Å². The normalized spacial score (nSPS) is 15.0. The molecule has 0 aromatic heterocycles. The van der Waals surface area contributed by atoms with Gasteiger partial charge >= 0.3 is 8.80 Å². The second-order valence-electron chi connectivity index (χ2n) is 14.0. The summed E-state index contributed by atoms with van der Waals surface area (Å²) in [7, 11) is -13.4. The molecule has 1 rings (SSSR count). The summed E-state index contributed by atoms with van der Waals surface area (Å²) in [5.41, 5.74) is 0.879. The van der Waals surface area contributed by atoms with Crippen LogP contribution in [0.3, 0.4) is 0 Å². The number of benzene rings is 1. The lowest BCUT2D eigenvalue weighted by molar-refractivity contribution is 0.244. The van der Waals surface area contributed by atoms with Gasteiger partial charge in [0.2, 0.25) is 25.0 Å². The Hall–Kier alpha value is -0.242. The summed E-state index contributed by atoms with van der Waals surface area (Å²) in [5.74, 6) is 1.48. The molecule has 0 fully saturated rings. The van der Waals surface area contributed by atoms with Crippen LogP contribution in [0.5, 0.6) is 5.75 Å². The van der Waals surface area contributed by atoms with E-state index in [1.54, 1.807) is 0 Å². The van der Waals surface area contributed by atoms with Gasteiger partial charge in [-0.15, -0.1) is 0 Å². The molecule has 0 aliphatic heterocycles. The van der Waals surface area contributed by atoms with Crippen LogP contribution < -0.4 is 4.43 Å². The van der Waals surface area contributed by atoms with E-state index in [1.807, 2.05) is 18.2 Å². The lowest BCUT2D eigenvalue weighted by atomic mass is 10.2. The van der Waals surface area contributed by atoms with Crippen molar-refractivity contribution in [3.63, 3.8) is 0 Å².